The SMILES string of the molecule is CCOc1cc(/C=C2\SC(=Nc3ccc(C)cc3)N(c3ccc(C)cc3)C2=O)cc(Cl)c1OCc1ccc(C(=O)O)cc1. The normalized spacial score (nSPS) is 14.9. The van der Waals surface area contributed by atoms with Crippen molar-refractivity contribution in [1.82, 2.24) is 0 Å². The van der Waals surface area contributed by atoms with E-state index >= 15 is 0 Å². The van der Waals surface area contributed by atoms with Crippen LogP contribution in [0.4, 0.5) is 11.4 Å². The highest BCUT2D eigenvalue weighted by atomic mass is 35.5. The third kappa shape index (κ3) is 7.10. The fourth-order valence-corrected chi connectivity index (χ4v) is 5.60. The highest BCUT2D eigenvalue weighted by Crippen LogP contribution is 2.41. The fourth-order valence-electron chi connectivity index (χ4n) is 4.32. The minimum atomic E-state index is -0.992. The topological polar surface area (TPSA) is 88.4 Å². The number of amidine groups is 1. The Kier molecular flexibility index (Phi) is 9.19. The average Bonchev–Trinajstić information content (AvgIpc) is 3.28. The standard InChI is InChI=1S/C34H29ClN2O5S/c1-4-41-29-18-24(17-28(35)31(29)42-20-23-9-11-25(12-10-23)33(39)40)19-30-32(38)37(27-15-7-22(3)8-16-27)34(43-30)36-26-13-5-21(2)6-14-26/h5-19H,4,20H2,1-3H3,(H,39,40)/b30-19-,36-34?. The molecule has 0 aliphatic carbocycles. The van der Waals surface area contributed by atoms with Gasteiger partial charge in [0, 0.05) is 0 Å². The zero-order valence-electron chi connectivity index (χ0n) is 23.8. The Balaban J connectivity index is 1.45. The van der Waals surface area contributed by atoms with Gasteiger partial charge in [-0.1, -0.05) is 59.1 Å². The molecule has 1 aliphatic heterocycles. The van der Waals surface area contributed by atoms with Gasteiger partial charge in [-0.2, -0.15) is 0 Å². The molecule has 1 N–H and O–H groups in total. The average molecular weight is 613 g/mol. The third-order valence-electron chi connectivity index (χ3n) is 6.57. The van der Waals surface area contributed by atoms with Gasteiger partial charge in [-0.3, -0.25) is 9.69 Å². The van der Waals surface area contributed by atoms with Crippen molar-refractivity contribution < 1.29 is 24.2 Å². The number of carboxylic acids is 1. The summed E-state index contributed by atoms with van der Waals surface area (Å²) < 4.78 is 11.9. The van der Waals surface area contributed by atoms with Gasteiger partial charge in [0.05, 0.1) is 33.5 Å². The maximum atomic E-state index is 13.8. The second-order valence-corrected chi connectivity index (χ2v) is 11.3. The van der Waals surface area contributed by atoms with Crippen LogP contribution in [0.25, 0.3) is 6.08 Å². The predicted molar refractivity (Wildman–Crippen MR) is 173 cm³/mol. The van der Waals surface area contributed by atoms with Gasteiger partial charge in [-0.05, 0) is 98.3 Å². The molecule has 1 heterocycles. The van der Waals surface area contributed by atoms with E-state index in [2.05, 4.69) is 0 Å². The number of aliphatic imine (C=N–C) groups is 1. The molecule has 0 unspecified atom stereocenters. The molecule has 0 aromatic heterocycles. The van der Waals surface area contributed by atoms with Gasteiger partial charge in [0.15, 0.2) is 16.7 Å². The molecule has 0 radical (unpaired) electrons. The van der Waals surface area contributed by atoms with E-state index < -0.39 is 5.97 Å². The molecule has 4 aromatic carbocycles. The largest absolute Gasteiger partial charge is 0.490 e. The van der Waals surface area contributed by atoms with Crippen LogP contribution in [-0.2, 0) is 11.4 Å². The van der Waals surface area contributed by atoms with Crippen LogP contribution in [0.15, 0.2) is 94.8 Å². The molecule has 0 spiro atoms. The van der Waals surface area contributed by atoms with Crippen LogP contribution in [0.3, 0.4) is 0 Å². The van der Waals surface area contributed by atoms with Gasteiger partial charge in [0.2, 0.25) is 0 Å². The molecule has 43 heavy (non-hydrogen) atoms. The molecule has 7 nitrogen and oxygen atoms in total. The lowest BCUT2D eigenvalue weighted by Crippen LogP contribution is -2.28. The summed E-state index contributed by atoms with van der Waals surface area (Å²) in [5.41, 5.74) is 5.34. The third-order valence-corrected chi connectivity index (χ3v) is 7.82. The molecule has 0 bridgehead atoms. The number of benzene rings is 4. The highest BCUT2D eigenvalue weighted by Gasteiger charge is 2.35. The van der Waals surface area contributed by atoms with E-state index in [4.69, 9.17) is 31.2 Å². The van der Waals surface area contributed by atoms with Crippen LogP contribution in [0.2, 0.25) is 5.02 Å². The second kappa shape index (κ2) is 13.2. The fraction of sp³-hybridized carbons (Fsp3) is 0.147. The molecule has 0 saturated carbocycles. The minimum absolute atomic E-state index is 0.165. The lowest BCUT2D eigenvalue weighted by Gasteiger charge is -2.16. The van der Waals surface area contributed by atoms with Crippen LogP contribution >= 0.6 is 23.4 Å². The molecule has 5 rings (SSSR count). The molecule has 1 saturated heterocycles. The number of carboxylic acid groups (broad SMARTS) is 1. The minimum Gasteiger partial charge on any atom is -0.490 e. The number of nitrogens with zero attached hydrogens (tertiary/aromatic N) is 2. The zero-order chi connectivity index (χ0) is 30.5. The van der Waals surface area contributed by atoms with Crippen LogP contribution in [0.1, 0.15) is 39.5 Å². The molecule has 1 aliphatic rings. The van der Waals surface area contributed by atoms with E-state index in [-0.39, 0.29) is 18.1 Å². The Morgan fingerprint density at radius 3 is 2.23 bits per heavy atom. The monoisotopic (exact) mass is 612 g/mol. The second-order valence-electron chi connectivity index (χ2n) is 9.87. The van der Waals surface area contributed by atoms with Crippen molar-refractivity contribution >= 4 is 57.9 Å². The summed E-state index contributed by atoms with van der Waals surface area (Å²) in [5.74, 6) is -0.392. The Hall–Kier alpha value is -4.53. The van der Waals surface area contributed by atoms with Gasteiger partial charge in [0.25, 0.3) is 5.91 Å². The smallest absolute Gasteiger partial charge is 0.335 e. The van der Waals surface area contributed by atoms with Crippen LogP contribution in [0, 0.1) is 13.8 Å². The number of halogens is 1. The first-order valence-corrected chi connectivity index (χ1v) is 14.8. The van der Waals surface area contributed by atoms with Gasteiger partial charge >= 0.3 is 5.97 Å². The number of aromatic carboxylic acids is 1. The van der Waals surface area contributed by atoms with E-state index in [1.54, 1.807) is 35.2 Å². The number of anilines is 1. The molecular weight excluding hydrogens is 584 g/mol. The number of carbonyl (C=O) groups is 2. The van der Waals surface area contributed by atoms with E-state index in [9.17, 15) is 9.59 Å². The van der Waals surface area contributed by atoms with Gasteiger partial charge < -0.3 is 14.6 Å². The molecule has 1 amide bonds. The number of ether oxygens (including phenoxy) is 2. The van der Waals surface area contributed by atoms with E-state index in [1.165, 1.54) is 23.9 Å². The van der Waals surface area contributed by atoms with Crippen molar-refractivity contribution in [2.45, 2.75) is 27.4 Å². The summed E-state index contributed by atoms with van der Waals surface area (Å²) in [5, 5.41) is 10.00. The molecular formula is C34H29ClN2O5S. The first kappa shape index (κ1) is 29.9. The van der Waals surface area contributed by atoms with Crippen LogP contribution in [-0.4, -0.2) is 28.8 Å². The van der Waals surface area contributed by atoms with Crippen molar-refractivity contribution in [3.63, 3.8) is 0 Å². The summed E-state index contributed by atoms with van der Waals surface area (Å²) in [7, 11) is 0. The molecule has 9 heteroatoms. The predicted octanol–water partition coefficient (Wildman–Crippen LogP) is 8.44. The lowest BCUT2D eigenvalue weighted by atomic mass is 10.1. The molecule has 1 fully saturated rings. The van der Waals surface area contributed by atoms with E-state index in [1.807, 2.05) is 69.3 Å². The number of hydrogen-bond donors (Lipinski definition) is 1. The Morgan fingerprint density at radius 2 is 1.60 bits per heavy atom. The summed E-state index contributed by atoms with van der Waals surface area (Å²) in [6, 6.07) is 25.5. The van der Waals surface area contributed by atoms with Crippen molar-refractivity contribution in [2.24, 2.45) is 4.99 Å². The Morgan fingerprint density at radius 1 is 0.953 bits per heavy atom. The van der Waals surface area contributed by atoms with Crippen LogP contribution < -0.4 is 14.4 Å². The van der Waals surface area contributed by atoms with Crippen molar-refractivity contribution in [3.05, 3.63) is 123 Å². The summed E-state index contributed by atoms with van der Waals surface area (Å²) >= 11 is 7.97. The first-order valence-electron chi connectivity index (χ1n) is 13.6. The van der Waals surface area contributed by atoms with Crippen molar-refractivity contribution in [3.8, 4) is 11.5 Å². The number of thioether (sulfide) groups is 1. The zero-order valence-corrected chi connectivity index (χ0v) is 25.4. The summed E-state index contributed by atoms with van der Waals surface area (Å²) in [6.45, 7) is 6.41. The maximum Gasteiger partial charge on any atom is 0.335 e. The van der Waals surface area contributed by atoms with Gasteiger partial charge in [0.1, 0.15) is 6.61 Å². The number of rotatable bonds is 9. The first-order chi connectivity index (χ1) is 20.7. The molecule has 4 aromatic rings. The number of carbonyl (C=O) groups excluding carboxylic acids is 1. The van der Waals surface area contributed by atoms with Gasteiger partial charge in [-0.15, -0.1) is 0 Å². The van der Waals surface area contributed by atoms with E-state index in [0.29, 0.717) is 38.8 Å². The molecule has 218 valence electrons. The number of amides is 1. The lowest BCUT2D eigenvalue weighted by molar-refractivity contribution is -0.113. The van der Waals surface area contributed by atoms with Crippen molar-refractivity contribution in [2.75, 3.05) is 11.5 Å². The number of aryl methyl sites for hydroxylation is 2. The Labute approximate surface area is 259 Å². The molecule has 0 atom stereocenters. The summed E-state index contributed by atoms with van der Waals surface area (Å²) in [6.07, 6.45) is 1.77. The van der Waals surface area contributed by atoms with Crippen LogP contribution in [0.5, 0.6) is 11.5 Å². The number of hydrogen-bond acceptors (Lipinski definition) is 6. The summed E-state index contributed by atoms with van der Waals surface area (Å²) in [4.78, 5) is 31.8. The Bertz CT molecular complexity index is 1720. The highest BCUT2D eigenvalue weighted by molar-refractivity contribution is 8.19. The quantitative estimate of drug-likeness (QED) is 0.191. The maximum absolute atomic E-state index is 13.8. The van der Waals surface area contributed by atoms with Gasteiger partial charge in [-0.25, -0.2) is 9.79 Å². The van der Waals surface area contributed by atoms with E-state index in [0.717, 1.165) is 28.1 Å². The van der Waals surface area contributed by atoms with Crippen molar-refractivity contribution in [1.29, 1.82) is 0 Å².